The third-order valence-electron chi connectivity index (χ3n) is 5.31. The van der Waals surface area contributed by atoms with Crippen LogP contribution in [-0.4, -0.2) is 69.0 Å². The van der Waals surface area contributed by atoms with E-state index in [1.807, 2.05) is 0 Å². The van der Waals surface area contributed by atoms with Crippen LogP contribution in [0.1, 0.15) is 30.6 Å². The summed E-state index contributed by atoms with van der Waals surface area (Å²) in [5.74, 6) is -0.0831. The predicted molar refractivity (Wildman–Crippen MR) is 106 cm³/mol. The van der Waals surface area contributed by atoms with Crippen molar-refractivity contribution in [2.24, 2.45) is 11.1 Å². The van der Waals surface area contributed by atoms with Crippen LogP contribution < -0.4 is 5.73 Å². The maximum atomic E-state index is 12.8. The number of rotatable bonds is 3. The van der Waals surface area contributed by atoms with Crippen molar-refractivity contribution < 1.29 is 17.9 Å². The average molecular weight is 418 g/mol. The fraction of sp³-hybridized carbons (Fsp3) is 0.611. The van der Waals surface area contributed by atoms with Gasteiger partial charge in [-0.05, 0) is 36.1 Å². The molecule has 2 fully saturated rings. The van der Waals surface area contributed by atoms with Crippen LogP contribution in [-0.2, 0) is 14.8 Å². The number of morpholine rings is 1. The summed E-state index contributed by atoms with van der Waals surface area (Å²) >= 11 is 0. The zero-order chi connectivity index (χ0) is 18.9. The summed E-state index contributed by atoms with van der Waals surface area (Å²) in [6.07, 6.45) is 0.766. The number of nitrogens with zero attached hydrogens (tertiary/aromatic N) is 2. The van der Waals surface area contributed by atoms with E-state index in [1.165, 1.54) is 16.4 Å². The number of ether oxygens (including phenoxy) is 1. The van der Waals surface area contributed by atoms with Gasteiger partial charge >= 0.3 is 0 Å². The first-order valence-corrected chi connectivity index (χ1v) is 10.4. The molecule has 2 heterocycles. The van der Waals surface area contributed by atoms with Gasteiger partial charge < -0.3 is 15.4 Å². The van der Waals surface area contributed by atoms with Gasteiger partial charge in [-0.2, -0.15) is 4.31 Å². The fourth-order valence-corrected chi connectivity index (χ4v) is 4.84. The molecular weight excluding hydrogens is 390 g/mol. The second-order valence-corrected chi connectivity index (χ2v) is 9.59. The van der Waals surface area contributed by atoms with Crippen LogP contribution in [0.15, 0.2) is 29.2 Å². The van der Waals surface area contributed by atoms with Crippen LogP contribution in [0.25, 0.3) is 0 Å². The summed E-state index contributed by atoms with van der Waals surface area (Å²) < 4.78 is 31.9. The van der Waals surface area contributed by atoms with Crippen LogP contribution in [0.2, 0.25) is 0 Å². The Morgan fingerprint density at radius 2 is 1.74 bits per heavy atom. The Bertz CT molecular complexity index is 761. The van der Waals surface area contributed by atoms with Gasteiger partial charge in [-0.1, -0.05) is 13.8 Å². The van der Waals surface area contributed by atoms with Crippen molar-refractivity contribution in [1.29, 1.82) is 0 Å². The number of nitrogens with two attached hydrogens (primary N) is 1. The van der Waals surface area contributed by atoms with Gasteiger partial charge in [0.1, 0.15) is 0 Å². The van der Waals surface area contributed by atoms with E-state index in [1.54, 1.807) is 17.0 Å². The van der Waals surface area contributed by atoms with Gasteiger partial charge in [0, 0.05) is 37.8 Å². The number of benzene rings is 1. The standard InChI is InChI=1S/C18H27N3O4S.ClH/c1-18(2)13-20(8-7-16(18)19)17(22)14-3-5-15(6-4-14)26(23,24)21-9-11-25-12-10-21;/h3-6,16H,7-13,19H2,1-2H3;1H. The largest absolute Gasteiger partial charge is 0.379 e. The highest BCUT2D eigenvalue weighted by Crippen LogP contribution is 2.28. The molecule has 0 aromatic heterocycles. The Labute approximate surface area is 167 Å². The number of carbonyl (C=O) groups is 1. The van der Waals surface area contributed by atoms with E-state index >= 15 is 0 Å². The van der Waals surface area contributed by atoms with Crippen molar-refractivity contribution in [3.63, 3.8) is 0 Å². The number of hydrogen-bond acceptors (Lipinski definition) is 5. The summed E-state index contributed by atoms with van der Waals surface area (Å²) in [6.45, 7) is 6.87. The van der Waals surface area contributed by atoms with Crippen LogP contribution >= 0.6 is 12.4 Å². The second kappa shape index (κ2) is 8.45. The molecule has 2 N–H and O–H groups in total. The Morgan fingerprint density at radius 3 is 2.30 bits per heavy atom. The molecule has 27 heavy (non-hydrogen) atoms. The molecule has 1 aromatic rings. The van der Waals surface area contributed by atoms with Gasteiger partial charge in [-0.3, -0.25) is 4.79 Å². The highest BCUT2D eigenvalue weighted by atomic mass is 35.5. The van der Waals surface area contributed by atoms with Crippen molar-refractivity contribution in [3.05, 3.63) is 29.8 Å². The molecule has 9 heteroatoms. The molecule has 2 aliphatic heterocycles. The third kappa shape index (κ3) is 4.63. The minimum absolute atomic E-state index is 0. The van der Waals surface area contributed by atoms with Crippen LogP contribution in [0.3, 0.4) is 0 Å². The van der Waals surface area contributed by atoms with E-state index in [2.05, 4.69) is 13.8 Å². The smallest absolute Gasteiger partial charge is 0.253 e. The Hall–Kier alpha value is -1.19. The first kappa shape index (κ1) is 22.1. The van der Waals surface area contributed by atoms with Gasteiger partial charge in [-0.15, -0.1) is 12.4 Å². The van der Waals surface area contributed by atoms with Crippen molar-refractivity contribution in [2.45, 2.75) is 31.2 Å². The summed E-state index contributed by atoms with van der Waals surface area (Å²) in [5.41, 5.74) is 6.50. The summed E-state index contributed by atoms with van der Waals surface area (Å²) in [5, 5.41) is 0. The predicted octanol–water partition coefficient (Wildman–Crippen LogP) is 1.33. The molecule has 2 saturated heterocycles. The van der Waals surface area contributed by atoms with Crippen LogP contribution in [0.4, 0.5) is 0 Å². The Morgan fingerprint density at radius 1 is 1.15 bits per heavy atom. The average Bonchev–Trinajstić information content (AvgIpc) is 2.64. The van der Waals surface area contributed by atoms with E-state index in [0.29, 0.717) is 45.0 Å². The van der Waals surface area contributed by atoms with E-state index in [9.17, 15) is 13.2 Å². The molecule has 0 aliphatic carbocycles. The molecule has 0 spiro atoms. The zero-order valence-corrected chi connectivity index (χ0v) is 17.4. The summed E-state index contributed by atoms with van der Waals surface area (Å²) in [6, 6.07) is 6.29. The number of carbonyl (C=O) groups excluding carboxylic acids is 1. The molecule has 1 unspecified atom stereocenters. The van der Waals surface area contributed by atoms with Gasteiger partial charge in [0.15, 0.2) is 0 Å². The molecule has 1 atom stereocenters. The lowest BCUT2D eigenvalue weighted by Crippen LogP contribution is -2.54. The Balaban J connectivity index is 0.00000261. The lowest BCUT2D eigenvalue weighted by atomic mass is 9.79. The molecular formula is C18H28ClN3O4S. The Kier molecular flexibility index (Phi) is 6.91. The first-order chi connectivity index (χ1) is 12.2. The van der Waals surface area contributed by atoms with Crippen LogP contribution in [0, 0.1) is 5.41 Å². The van der Waals surface area contributed by atoms with Gasteiger partial charge in [-0.25, -0.2) is 8.42 Å². The van der Waals surface area contributed by atoms with E-state index in [-0.39, 0.29) is 34.7 Å². The van der Waals surface area contributed by atoms with Crippen molar-refractivity contribution >= 4 is 28.3 Å². The molecule has 3 rings (SSSR count). The first-order valence-electron chi connectivity index (χ1n) is 8.95. The topological polar surface area (TPSA) is 92.9 Å². The number of halogens is 1. The highest BCUT2D eigenvalue weighted by molar-refractivity contribution is 7.89. The fourth-order valence-electron chi connectivity index (χ4n) is 3.44. The molecule has 0 saturated carbocycles. The van der Waals surface area contributed by atoms with Gasteiger partial charge in [0.2, 0.25) is 10.0 Å². The van der Waals surface area contributed by atoms with Crippen molar-refractivity contribution in [2.75, 3.05) is 39.4 Å². The lowest BCUT2D eigenvalue weighted by molar-refractivity contribution is 0.0533. The quantitative estimate of drug-likeness (QED) is 0.800. The second-order valence-electron chi connectivity index (χ2n) is 7.65. The minimum Gasteiger partial charge on any atom is -0.379 e. The number of piperidine rings is 1. The molecule has 7 nitrogen and oxygen atoms in total. The third-order valence-corrected chi connectivity index (χ3v) is 7.22. The van der Waals surface area contributed by atoms with E-state index in [0.717, 1.165) is 6.42 Å². The van der Waals surface area contributed by atoms with Crippen LogP contribution in [0.5, 0.6) is 0 Å². The number of sulfonamides is 1. The molecule has 1 aromatic carbocycles. The number of hydrogen-bond donors (Lipinski definition) is 1. The maximum absolute atomic E-state index is 12.8. The lowest BCUT2D eigenvalue weighted by Gasteiger charge is -2.42. The number of amides is 1. The maximum Gasteiger partial charge on any atom is 0.253 e. The SMILES string of the molecule is CC1(C)CN(C(=O)c2ccc(S(=O)(=O)N3CCOCC3)cc2)CCC1N.Cl. The zero-order valence-electron chi connectivity index (χ0n) is 15.8. The number of likely N-dealkylation sites (tertiary alicyclic amines) is 1. The molecule has 152 valence electrons. The monoisotopic (exact) mass is 417 g/mol. The molecule has 2 aliphatic rings. The van der Waals surface area contributed by atoms with E-state index in [4.69, 9.17) is 10.5 Å². The molecule has 1 amide bonds. The van der Waals surface area contributed by atoms with Crippen molar-refractivity contribution in [3.8, 4) is 0 Å². The minimum atomic E-state index is -3.54. The summed E-state index contributed by atoms with van der Waals surface area (Å²) in [4.78, 5) is 14.8. The van der Waals surface area contributed by atoms with E-state index < -0.39 is 10.0 Å². The van der Waals surface area contributed by atoms with Gasteiger partial charge in [0.05, 0.1) is 18.1 Å². The van der Waals surface area contributed by atoms with Gasteiger partial charge in [0.25, 0.3) is 5.91 Å². The normalized spacial score (nSPS) is 23.5. The summed E-state index contributed by atoms with van der Waals surface area (Å²) in [7, 11) is -3.54. The van der Waals surface area contributed by atoms with Crippen molar-refractivity contribution in [1.82, 2.24) is 9.21 Å². The highest BCUT2D eigenvalue weighted by Gasteiger charge is 2.35. The molecule has 0 radical (unpaired) electrons. The molecule has 0 bridgehead atoms.